The van der Waals surface area contributed by atoms with Gasteiger partial charge < -0.3 is 8.98 Å². The molecule has 0 atom stereocenters. The van der Waals surface area contributed by atoms with Crippen molar-refractivity contribution in [3.63, 3.8) is 0 Å². The van der Waals surface area contributed by atoms with Crippen molar-refractivity contribution in [2.45, 2.75) is 0 Å². The fourth-order valence-electron chi connectivity index (χ4n) is 8.31. The molecule has 0 aliphatic carbocycles. The van der Waals surface area contributed by atoms with Crippen LogP contribution >= 0.6 is 0 Å². The van der Waals surface area contributed by atoms with Gasteiger partial charge in [-0.3, -0.25) is 0 Å². The zero-order valence-corrected chi connectivity index (χ0v) is 31.5. The van der Waals surface area contributed by atoms with Crippen LogP contribution in [0.1, 0.15) is 0 Å². The van der Waals surface area contributed by atoms with Gasteiger partial charge in [0.1, 0.15) is 50.4 Å². The van der Waals surface area contributed by atoms with Gasteiger partial charge in [-0.1, -0.05) is 102 Å². The number of hydrogen-bond donors (Lipinski definition) is 0. The van der Waals surface area contributed by atoms with Crippen molar-refractivity contribution < 1.29 is 4.42 Å². The van der Waals surface area contributed by atoms with Crippen LogP contribution in [0.4, 0.5) is 0 Å². The third-order valence-corrected chi connectivity index (χ3v) is 11.6. The van der Waals surface area contributed by atoms with Gasteiger partial charge in [-0.2, -0.15) is 0 Å². The van der Waals surface area contributed by atoms with Gasteiger partial charge in [0.05, 0.1) is 11.0 Å². The number of nitrogens with zero attached hydrogens (tertiary/aromatic N) is 4. The van der Waals surface area contributed by atoms with Gasteiger partial charge in [0.2, 0.25) is 0 Å². The summed E-state index contributed by atoms with van der Waals surface area (Å²) in [5.41, 5.74) is 17.1. The molecule has 0 fully saturated rings. The summed E-state index contributed by atoms with van der Waals surface area (Å²) < 4.78 is 8.74. The van der Waals surface area contributed by atoms with E-state index in [1.807, 2.05) is 42.5 Å². The summed E-state index contributed by atoms with van der Waals surface area (Å²) in [5.74, 6) is 1.87. The van der Waals surface area contributed by atoms with Crippen LogP contribution in [0.2, 0.25) is 0 Å². The molecule has 10 heteroatoms. The van der Waals surface area contributed by atoms with E-state index in [1.54, 1.807) is 0 Å². The minimum absolute atomic E-state index is 0.610. The maximum atomic E-state index is 6.40. The molecule has 0 aliphatic heterocycles. The summed E-state index contributed by atoms with van der Waals surface area (Å²) in [5, 5.41) is 4.52. The van der Waals surface area contributed by atoms with Crippen molar-refractivity contribution in [1.29, 1.82) is 0 Å². The molecule has 5 nitrogen and oxygen atoms in total. The summed E-state index contributed by atoms with van der Waals surface area (Å²) in [4.78, 5) is 15.2. The lowest BCUT2D eigenvalue weighted by molar-refractivity contribution is 0.669. The molecule has 0 N–H and O–H groups in total. The van der Waals surface area contributed by atoms with Crippen LogP contribution < -0.4 is 27.3 Å². The van der Waals surface area contributed by atoms with E-state index >= 15 is 0 Å². The molecule has 0 aliphatic rings. The lowest BCUT2D eigenvalue weighted by Crippen LogP contribution is -2.55. The van der Waals surface area contributed by atoms with Crippen molar-refractivity contribution in [3.8, 4) is 51.0 Å². The molecular formula is C45H33B5N4O. The predicted octanol–water partition coefficient (Wildman–Crippen LogP) is 2.83. The second-order valence-corrected chi connectivity index (χ2v) is 14.6. The molecule has 0 amide bonds. The van der Waals surface area contributed by atoms with E-state index in [-0.39, 0.29) is 0 Å². The van der Waals surface area contributed by atoms with E-state index in [0.29, 0.717) is 17.5 Å². The first kappa shape index (κ1) is 33.1. The molecule has 0 saturated carbocycles. The smallest absolute Gasteiger partial charge is 0.164 e. The van der Waals surface area contributed by atoms with Gasteiger partial charge in [0, 0.05) is 43.9 Å². The lowest BCUT2D eigenvalue weighted by Gasteiger charge is -2.20. The molecule has 7 aromatic carbocycles. The van der Waals surface area contributed by atoms with Crippen molar-refractivity contribution >= 4 is 110 Å². The Bertz CT molecular complexity index is 3070. The van der Waals surface area contributed by atoms with Crippen LogP contribution in [-0.2, 0) is 0 Å². The minimum Gasteiger partial charge on any atom is -0.456 e. The van der Waals surface area contributed by atoms with Crippen molar-refractivity contribution in [2.75, 3.05) is 0 Å². The quantitative estimate of drug-likeness (QED) is 0.260. The molecule has 0 radical (unpaired) electrons. The zero-order valence-electron chi connectivity index (χ0n) is 31.5. The van der Waals surface area contributed by atoms with E-state index < -0.39 is 0 Å². The van der Waals surface area contributed by atoms with E-state index in [4.69, 9.17) is 19.4 Å². The molecule has 0 bridgehead atoms. The number of aromatic nitrogens is 4. The maximum absolute atomic E-state index is 6.40. The van der Waals surface area contributed by atoms with Gasteiger partial charge in [0.15, 0.2) is 17.5 Å². The molecule has 254 valence electrons. The van der Waals surface area contributed by atoms with Crippen molar-refractivity contribution in [1.82, 2.24) is 19.5 Å². The summed E-state index contributed by atoms with van der Waals surface area (Å²) in [7, 11) is 11.1. The number of hydrogen-bond acceptors (Lipinski definition) is 4. The van der Waals surface area contributed by atoms with E-state index in [0.717, 1.165) is 44.3 Å². The number of rotatable bonds is 5. The molecule has 0 spiro atoms. The Labute approximate surface area is 323 Å². The van der Waals surface area contributed by atoms with Gasteiger partial charge >= 0.3 is 0 Å². The highest BCUT2D eigenvalue weighted by Gasteiger charge is 2.18. The van der Waals surface area contributed by atoms with E-state index in [2.05, 4.69) is 141 Å². The Kier molecular flexibility index (Phi) is 7.70. The largest absolute Gasteiger partial charge is 0.456 e. The summed E-state index contributed by atoms with van der Waals surface area (Å²) in [6.45, 7) is 0. The molecule has 0 saturated heterocycles. The van der Waals surface area contributed by atoms with Gasteiger partial charge in [-0.15, -0.1) is 16.4 Å². The van der Waals surface area contributed by atoms with Gasteiger partial charge in [-0.05, 0) is 59.7 Å². The van der Waals surface area contributed by atoms with Crippen LogP contribution in [0.5, 0.6) is 0 Å². The fourth-order valence-corrected chi connectivity index (χ4v) is 8.31. The number of furan rings is 1. The van der Waals surface area contributed by atoms with E-state index in [1.165, 1.54) is 60.2 Å². The van der Waals surface area contributed by atoms with Crippen LogP contribution in [0.3, 0.4) is 0 Å². The zero-order chi connectivity index (χ0) is 37.4. The highest BCUT2D eigenvalue weighted by atomic mass is 16.3. The lowest BCUT2D eigenvalue weighted by atomic mass is 9.59. The van der Waals surface area contributed by atoms with Crippen LogP contribution in [0, 0.1) is 0 Å². The Hall–Kier alpha value is -6.53. The molecule has 3 heterocycles. The first-order valence-electron chi connectivity index (χ1n) is 18.8. The SMILES string of the molecule is Bc1c(B)c(B)c(-c2ccc(-c3nc(-c4ccccc4)nc(-c4ccc5oc6ccc(-n7c8ccccc8c8ccccc87)cc6c5c4)n3)cc2)c(B)c1B. The average molecular weight is 700 g/mol. The molecule has 0 unspecified atom stereocenters. The topological polar surface area (TPSA) is 56.7 Å². The highest BCUT2D eigenvalue weighted by Crippen LogP contribution is 2.37. The van der Waals surface area contributed by atoms with Crippen LogP contribution in [-0.4, -0.2) is 58.8 Å². The fraction of sp³-hybridized carbons (Fsp3) is 0. The first-order valence-corrected chi connectivity index (χ1v) is 18.8. The molecule has 10 rings (SSSR count). The van der Waals surface area contributed by atoms with Gasteiger partial charge in [-0.25, -0.2) is 15.0 Å². The maximum Gasteiger partial charge on any atom is 0.164 e. The minimum atomic E-state index is 0.610. The van der Waals surface area contributed by atoms with Crippen molar-refractivity contribution in [2.24, 2.45) is 0 Å². The monoisotopic (exact) mass is 700 g/mol. The Balaban J connectivity index is 1.11. The Morgan fingerprint density at radius 1 is 0.382 bits per heavy atom. The van der Waals surface area contributed by atoms with Crippen LogP contribution in [0.15, 0.2) is 144 Å². The van der Waals surface area contributed by atoms with Crippen LogP contribution in [0.25, 0.3) is 94.7 Å². The van der Waals surface area contributed by atoms with Crippen molar-refractivity contribution in [3.05, 3.63) is 140 Å². The number of para-hydroxylation sites is 2. The third kappa shape index (κ3) is 5.35. The van der Waals surface area contributed by atoms with Gasteiger partial charge in [0.25, 0.3) is 0 Å². The molecule has 55 heavy (non-hydrogen) atoms. The summed E-state index contributed by atoms with van der Waals surface area (Å²) in [6, 6.07) is 48.7. The molecule has 10 aromatic rings. The number of fused-ring (bicyclic) bond motifs is 6. The first-order chi connectivity index (χ1) is 26.8. The third-order valence-electron chi connectivity index (χ3n) is 11.6. The second kappa shape index (κ2) is 12.8. The number of benzene rings is 7. The predicted molar refractivity (Wildman–Crippen MR) is 244 cm³/mol. The normalized spacial score (nSPS) is 11.6. The van der Waals surface area contributed by atoms with E-state index in [9.17, 15) is 0 Å². The highest BCUT2D eigenvalue weighted by molar-refractivity contribution is 6.68. The summed E-state index contributed by atoms with van der Waals surface area (Å²) in [6.07, 6.45) is 0. The Morgan fingerprint density at radius 3 is 1.45 bits per heavy atom. The average Bonchev–Trinajstić information content (AvgIpc) is 3.77. The molecule has 3 aromatic heterocycles. The standard InChI is InChI=1S/C45H33B5N4O/c46-38-37(39(47)41(49)42(50)40(38)48)24-14-16-26(17-15-24)44-51-43(25-8-2-1-3-9-25)52-45(53-44)27-18-20-35-31(22-27)32-23-28(19-21-36(32)55-35)54-33-12-6-4-10-29(33)30-11-5-7-13-34(30)54/h1-23H,46-50H2. The summed E-state index contributed by atoms with van der Waals surface area (Å²) >= 11 is 0. The Morgan fingerprint density at radius 2 is 0.836 bits per heavy atom. The molecular weight excluding hydrogens is 667 g/mol. The second-order valence-electron chi connectivity index (χ2n) is 14.6.